The minimum absolute atomic E-state index is 0.0216. The summed E-state index contributed by atoms with van der Waals surface area (Å²) >= 11 is 0. The number of methoxy groups -OCH3 is 1. The van der Waals surface area contributed by atoms with Crippen molar-refractivity contribution < 1.29 is 29.0 Å². The van der Waals surface area contributed by atoms with Crippen molar-refractivity contribution in [3.63, 3.8) is 0 Å². The number of ether oxygens (including phenoxy) is 1. The highest BCUT2D eigenvalue weighted by Gasteiger charge is 2.57. The van der Waals surface area contributed by atoms with Gasteiger partial charge in [0.25, 0.3) is 5.91 Å². The third kappa shape index (κ3) is 5.67. The Hall–Kier alpha value is -2.89. The number of carbonyl (C=O) groups excluding carboxylic acids is 3. The van der Waals surface area contributed by atoms with Gasteiger partial charge >= 0.3 is 11.9 Å². The third-order valence-electron chi connectivity index (χ3n) is 6.22. The maximum Gasteiger partial charge on any atom is 0.341 e. The van der Waals surface area contributed by atoms with Crippen molar-refractivity contribution in [1.29, 1.82) is 0 Å². The standard InChI is InChI=1S/C20H34N6O6/c1-32-18(31)20(17(30)25-14(16(28)29)7-3-9-24-19(22)23)8-4-10-26(20)15(27)13(21)11-12-5-2-6-12/h12-14H,2-11,21H2,1H3,(H,25,30)(H,28,29)(H4,22,23,24)/t13-,14+,20+/m1/s1. The van der Waals surface area contributed by atoms with Crippen molar-refractivity contribution in [3.05, 3.63) is 0 Å². The van der Waals surface area contributed by atoms with Crippen LogP contribution in [0, 0.1) is 5.92 Å². The van der Waals surface area contributed by atoms with E-state index in [1.807, 2.05) is 0 Å². The molecule has 0 aromatic rings. The predicted molar refractivity (Wildman–Crippen MR) is 115 cm³/mol. The number of hydrogen-bond donors (Lipinski definition) is 5. The van der Waals surface area contributed by atoms with Crippen molar-refractivity contribution in [2.24, 2.45) is 28.1 Å². The highest BCUT2D eigenvalue weighted by Crippen LogP contribution is 2.34. The summed E-state index contributed by atoms with van der Waals surface area (Å²) in [5.41, 5.74) is 14.7. The largest absolute Gasteiger partial charge is 0.480 e. The van der Waals surface area contributed by atoms with Crippen molar-refractivity contribution in [2.75, 3.05) is 20.2 Å². The zero-order chi connectivity index (χ0) is 23.9. The average molecular weight is 455 g/mol. The molecule has 0 aromatic carbocycles. The van der Waals surface area contributed by atoms with Gasteiger partial charge in [-0.2, -0.15) is 0 Å². The SMILES string of the molecule is COC(=O)[C@@]1(C(=O)N[C@@H](CCCN=C(N)N)C(=O)O)CCCN1C(=O)[C@H](N)CC1CCC1. The molecule has 3 atom stereocenters. The van der Waals surface area contributed by atoms with Gasteiger partial charge in [-0.05, 0) is 38.0 Å². The van der Waals surface area contributed by atoms with Crippen LogP contribution in [0.2, 0.25) is 0 Å². The molecule has 1 saturated heterocycles. The number of rotatable bonds is 11. The molecule has 0 bridgehead atoms. The molecule has 1 aliphatic carbocycles. The molecule has 0 aromatic heterocycles. The Balaban J connectivity index is 2.18. The molecule has 2 aliphatic rings. The second kappa shape index (κ2) is 11.1. The van der Waals surface area contributed by atoms with Gasteiger partial charge in [-0.3, -0.25) is 14.6 Å². The molecule has 1 heterocycles. The first-order valence-corrected chi connectivity index (χ1v) is 10.9. The number of aliphatic imine (C=N–C) groups is 1. The topological polar surface area (TPSA) is 203 Å². The molecule has 32 heavy (non-hydrogen) atoms. The maximum absolute atomic E-state index is 13.3. The van der Waals surface area contributed by atoms with E-state index in [9.17, 15) is 24.3 Å². The molecule has 1 saturated carbocycles. The number of hydrogen-bond acceptors (Lipinski definition) is 7. The Morgan fingerprint density at radius 1 is 1.25 bits per heavy atom. The van der Waals surface area contributed by atoms with E-state index in [0.29, 0.717) is 18.8 Å². The van der Waals surface area contributed by atoms with Crippen LogP contribution < -0.4 is 22.5 Å². The van der Waals surface area contributed by atoms with E-state index in [-0.39, 0.29) is 38.3 Å². The molecular weight excluding hydrogens is 420 g/mol. The Bertz CT molecular complexity index is 751. The van der Waals surface area contributed by atoms with E-state index in [4.69, 9.17) is 21.9 Å². The molecule has 2 rings (SSSR count). The number of carbonyl (C=O) groups is 4. The number of esters is 1. The van der Waals surface area contributed by atoms with Crippen LogP contribution in [0.1, 0.15) is 51.4 Å². The van der Waals surface area contributed by atoms with Gasteiger partial charge < -0.3 is 37.3 Å². The Morgan fingerprint density at radius 3 is 2.47 bits per heavy atom. The van der Waals surface area contributed by atoms with E-state index >= 15 is 0 Å². The van der Waals surface area contributed by atoms with Gasteiger partial charge in [0.05, 0.1) is 13.2 Å². The highest BCUT2D eigenvalue weighted by atomic mass is 16.5. The molecule has 2 fully saturated rings. The molecule has 0 unspecified atom stereocenters. The summed E-state index contributed by atoms with van der Waals surface area (Å²) in [4.78, 5) is 55.8. The number of nitrogens with one attached hydrogen (secondary N) is 1. The number of carboxylic acid groups (broad SMARTS) is 1. The molecule has 1 aliphatic heterocycles. The zero-order valence-electron chi connectivity index (χ0n) is 18.4. The van der Waals surface area contributed by atoms with Crippen LogP contribution in [-0.2, 0) is 23.9 Å². The van der Waals surface area contributed by atoms with Crippen LogP contribution in [0.3, 0.4) is 0 Å². The first-order chi connectivity index (χ1) is 15.1. The lowest BCUT2D eigenvalue weighted by molar-refractivity contribution is -0.166. The molecular formula is C20H34N6O6. The fourth-order valence-corrected chi connectivity index (χ4v) is 4.25. The van der Waals surface area contributed by atoms with Gasteiger partial charge in [0, 0.05) is 13.1 Å². The van der Waals surface area contributed by atoms with E-state index in [1.54, 1.807) is 0 Å². The summed E-state index contributed by atoms with van der Waals surface area (Å²) in [7, 11) is 1.12. The lowest BCUT2D eigenvalue weighted by Crippen LogP contribution is -2.66. The normalized spacial score (nSPS) is 22.4. The summed E-state index contributed by atoms with van der Waals surface area (Å²) in [6.45, 7) is 0.340. The van der Waals surface area contributed by atoms with E-state index in [2.05, 4.69) is 10.3 Å². The first kappa shape index (κ1) is 25.4. The summed E-state index contributed by atoms with van der Waals surface area (Å²) in [5, 5.41) is 11.9. The Labute approximate surface area is 186 Å². The summed E-state index contributed by atoms with van der Waals surface area (Å²) < 4.78 is 4.87. The first-order valence-electron chi connectivity index (χ1n) is 10.9. The molecule has 12 heteroatoms. The van der Waals surface area contributed by atoms with Crippen LogP contribution in [0.5, 0.6) is 0 Å². The Morgan fingerprint density at radius 2 is 1.94 bits per heavy atom. The van der Waals surface area contributed by atoms with Crippen molar-refractivity contribution >= 4 is 29.7 Å². The number of aliphatic carboxylic acids is 1. The number of amides is 2. The van der Waals surface area contributed by atoms with Crippen LogP contribution >= 0.6 is 0 Å². The lowest BCUT2D eigenvalue weighted by Gasteiger charge is -2.37. The summed E-state index contributed by atoms with van der Waals surface area (Å²) in [5.74, 6) is -3.35. The molecule has 180 valence electrons. The van der Waals surface area contributed by atoms with Gasteiger partial charge in [-0.25, -0.2) is 9.59 Å². The number of nitrogens with two attached hydrogens (primary N) is 3. The number of nitrogens with zero attached hydrogens (tertiary/aromatic N) is 2. The molecule has 0 radical (unpaired) electrons. The fraction of sp³-hybridized carbons (Fsp3) is 0.750. The fourth-order valence-electron chi connectivity index (χ4n) is 4.25. The minimum Gasteiger partial charge on any atom is -0.480 e. The molecule has 2 amide bonds. The smallest absolute Gasteiger partial charge is 0.341 e. The predicted octanol–water partition coefficient (Wildman–Crippen LogP) is -1.34. The van der Waals surface area contributed by atoms with E-state index in [0.717, 1.165) is 31.3 Å². The number of carboxylic acids is 1. The van der Waals surface area contributed by atoms with Crippen molar-refractivity contribution in [2.45, 2.75) is 69.0 Å². The third-order valence-corrected chi connectivity index (χ3v) is 6.22. The van der Waals surface area contributed by atoms with Gasteiger partial charge in [0.1, 0.15) is 6.04 Å². The van der Waals surface area contributed by atoms with E-state index in [1.165, 1.54) is 0 Å². The van der Waals surface area contributed by atoms with E-state index < -0.39 is 41.4 Å². The second-order valence-corrected chi connectivity index (χ2v) is 8.40. The lowest BCUT2D eigenvalue weighted by atomic mass is 9.80. The maximum atomic E-state index is 13.3. The zero-order valence-corrected chi connectivity index (χ0v) is 18.4. The monoisotopic (exact) mass is 454 g/mol. The van der Waals surface area contributed by atoms with Crippen LogP contribution in [0.15, 0.2) is 4.99 Å². The van der Waals surface area contributed by atoms with Gasteiger partial charge in [-0.1, -0.05) is 19.3 Å². The Kier molecular flexibility index (Phi) is 8.81. The average Bonchev–Trinajstić information content (AvgIpc) is 3.17. The highest BCUT2D eigenvalue weighted by molar-refractivity contribution is 6.11. The molecule has 12 nitrogen and oxygen atoms in total. The second-order valence-electron chi connectivity index (χ2n) is 8.40. The minimum atomic E-state index is -1.95. The van der Waals surface area contributed by atoms with Crippen LogP contribution in [0.25, 0.3) is 0 Å². The van der Waals surface area contributed by atoms with Crippen LogP contribution in [-0.4, -0.2) is 77.5 Å². The van der Waals surface area contributed by atoms with Crippen molar-refractivity contribution in [3.8, 4) is 0 Å². The number of guanidine groups is 1. The summed E-state index contributed by atoms with van der Waals surface area (Å²) in [6, 6.07) is -2.13. The molecule has 0 spiro atoms. The van der Waals surface area contributed by atoms with Gasteiger partial charge in [0.2, 0.25) is 11.4 Å². The quantitative estimate of drug-likeness (QED) is 0.0822. The van der Waals surface area contributed by atoms with Crippen molar-refractivity contribution in [1.82, 2.24) is 10.2 Å². The summed E-state index contributed by atoms with van der Waals surface area (Å²) in [6.07, 6.45) is 4.31. The van der Waals surface area contributed by atoms with Gasteiger partial charge in [-0.15, -0.1) is 0 Å². The molecule has 8 N–H and O–H groups in total. The van der Waals surface area contributed by atoms with Crippen LogP contribution in [0.4, 0.5) is 0 Å². The number of likely N-dealkylation sites (tertiary alicyclic amines) is 1. The van der Waals surface area contributed by atoms with Gasteiger partial charge in [0.15, 0.2) is 5.96 Å².